The van der Waals surface area contributed by atoms with Gasteiger partial charge in [-0.15, -0.1) is 0 Å². The molecule has 104 valence electrons. The van der Waals surface area contributed by atoms with Crippen molar-refractivity contribution in [3.05, 3.63) is 35.9 Å². The number of hydrogen-bond acceptors (Lipinski definition) is 3. The van der Waals surface area contributed by atoms with Gasteiger partial charge in [0.2, 0.25) is 0 Å². The number of piperidine rings is 1. The van der Waals surface area contributed by atoms with Crippen LogP contribution in [0.5, 0.6) is 0 Å². The number of likely N-dealkylation sites (tertiary alicyclic amines) is 1. The van der Waals surface area contributed by atoms with E-state index >= 15 is 0 Å². The molecule has 1 aliphatic heterocycles. The lowest BCUT2D eigenvalue weighted by Crippen LogP contribution is -2.55. The lowest BCUT2D eigenvalue weighted by Gasteiger charge is -2.36. The summed E-state index contributed by atoms with van der Waals surface area (Å²) in [7, 11) is 0. The SMILES string of the molecule is N#CC1(NC(=O)c2ccccc2)CCN(C(=O)O)CC1. The van der Waals surface area contributed by atoms with E-state index in [0.29, 0.717) is 18.4 Å². The summed E-state index contributed by atoms with van der Waals surface area (Å²) in [5.41, 5.74) is -0.499. The average molecular weight is 273 g/mol. The molecular formula is C14H15N3O3. The summed E-state index contributed by atoms with van der Waals surface area (Å²) in [5.74, 6) is -0.309. The maximum Gasteiger partial charge on any atom is 0.407 e. The van der Waals surface area contributed by atoms with Crippen LogP contribution in [0.4, 0.5) is 4.79 Å². The Labute approximate surface area is 116 Å². The Balaban J connectivity index is 2.05. The van der Waals surface area contributed by atoms with Gasteiger partial charge in [0.05, 0.1) is 6.07 Å². The second kappa shape index (κ2) is 5.61. The van der Waals surface area contributed by atoms with Gasteiger partial charge in [-0.2, -0.15) is 5.26 Å². The van der Waals surface area contributed by atoms with Crippen LogP contribution >= 0.6 is 0 Å². The highest BCUT2D eigenvalue weighted by Crippen LogP contribution is 2.22. The smallest absolute Gasteiger partial charge is 0.407 e. The number of benzene rings is 1. The van der Waals surface area contributed by atoms with Crippen molar-refractivity contribution < 1.29 is 14.7 Å². The molecule has 2 amide bonds. The Hall–Kier alpha value is -2.55. The molecule has 0 radical (unpaired) electrons. The van der Waals surface area contributed by atoms with E-state index in [1.54, 1.807) is 24.3 Å². The molecular weight excluding hydrogens is 258 g/mol. The molecule has 0 aliphatic carbocycles. The first-order valence-corrected chi connectivity index (χ1v) is 6.33. The summed E-state index contributed by atoms with van der Waals surface area (Å²) < 4.78 is 0. The van der Waals surface area contributed by atoms with Crippen molar-refractivity contribution >= 4 is 12.0 Å². The maximum absolute atomic E-state index is 12.1. The van der Waals surface area contributed by atoms with Gasteiger partial charge in [0.15, 0.2) is 0 Å². The second-order valence-electron chi connectivity index (χ2n) is 4.78. The van der Waals surface area contributed by atoms with Crippen molar-refractivity contribution in [2.75, 3.05) is 13.1 Å². The van der Waals surface area contributed by atoms with E-state index in [4.69, 9.17) is 5.11 Å². The first-order chi connectivity index (χ1) is 9.56. The lowest BCUT2D eigenvalue weighted by molar-refractivity contribution is 0.0862. The number of carbonyl (C=O) groups excluding carboxylic acids is 1. The van der Waals surface area contributed by atoms with Crippen molar-refractivity contribution in [2.24, 2.45) is 0 Å². The zero-order valence-electron chi connectivity index (χ0n) is 10.9. The van der Waals surface area contributed by atoms with Gasteiger partial charge in [0.25, 0.3) is 5.91 Å². The third kappa shape index (κ3) is 2.88. The molecule has 0 bridgehead atoms. The van der Waals surface area contributed by atoms with Crippen molar-refractivity contribution in [1.82, 2.24) is 10.2 Å². The summed E-state index contributed by atoms with van der Waals surface area (Å²) >= 11 is 0. The molecule has 1 heterocycles. The Kier molecular flexibility index (Phi) is 3.89. The lowest BCUT2D eigenvalue weighted by atomic mass is 9.88. The number of hydrogen-bond donors (Lipinski definition) is 2. The fourth-order valence-corrected chi connectivity index (χ4v) is 2.22. The minimum atomic E-state index is -0.995. The third-order valence-corrected chi connectivity index (χ3v) is 3.49. The van der Waals surface area contributed by atoms with E-state index in [9.17, 15) is 14.9 Å². The molecule has 0 saturated carbocycles. The Morgan fingerprint density at radius 1 is 1.25 bits per heavy atom. The van der Waals surface area contributed by atoms with Crippen LogP contribution in [0.2, 0.25) is 0 Å². The van der Waals surface area contributed by atoms with E-state index in [1.165, 1.54) is 4.90 Å². The standard InChI is InChI=1S/C14H15N3O3/c15-10-14(6-8-17(9-7-14)13(19)20)16-12(18)11-4-2-1-3-5-11/h1-5H,6-9H2,(H,16,18)(H,19,20). The van der Waals surface area contributed by atoms with Gasteiger partial charge in [-0.25, -0.2) is 4.79 Å². The number of nitriles is 1. The average Bonchev–Trinajstić information content (AvgIpc) is 2.48. The van der Waals surface area contributed by atoms with E-state index in [2.05, 4.69) is 11.4 Å². The van der Waals surface area contributed by atoms with E-state index in [-0.39, 0.29) is 19.0 Å². The molecule has 1 saturated heterocycles. The molecule has 20 heavy (non-hydrogen) atoms. The number of nitrogens with zero attached hydrogens (tertiary/aromatic N) is 2. The highest BCUT2D eigenvalue weighted by molar-refractivity contribution is 5.94. The Bertz CT molecular complexity index is 543. The van der Waals surface area contributed by atoms with Crippen molar-refractivity contribution in [3.63, 3.8) is 0 Å². The third-order valence-electron chi connectivity index (χ3n) is 3.49. The predicted octanol–water partition coefficient (Wildman–Crippen LogP) is 1.45. The van der Waals surface area contributed by atoms with Crippen LogP contribution in [0.25, 0.3) is 0 Å². The first kappa shape index (κ1) is 13.9. The topological polar surface area (TPSA) is 93.4 Å². The van der Waals surface area contributed by atoms with Gasteiger partial charge >= 0.3 is 6.09 Å². The zero-order valence-corrected chi connectivity index (χ0v) is 10.9. The summed E-state index contributed by atoms with van der Waals surface area (Å²) in [6.07, 6.45) is -0.395. The monoisotopic (exact) mass is 273 g/mol. The van der Waals surface area contributed by atoms with Crippen LogP contribution in [0.1, 0.15) is 23.2 Å². The highest BCUT2D eigenvalue weighted by Gasteiger charge is 2.37. The van der Waals surface area contributed by atoms with Crippen LogP contribution in [-0.2, 0) is 0 Å². The highest BCUT2D eigenvalue weighted by atomic mass is 16.4. The van der Waals surface area contributed by atoms with E-state index in [1.807, 2.05) is 6.07 Å². The summed E-state index contributed by atoms with van der Waals surface area (Å²) in [4.78, 5) is 24.2. The minimum Gasteiger partial charge on any atom is -0.465 e. The summed E-state index contributed by atoms with van der Waals surface area (Å²) in [6.45, 7) is 0.496. The van der Waals surface area contributed by atoms with Gasteiger partial charge in [-0.05, 0) is 12.1 Å². The van der Waals surface area contributed by atoms with Crippen molar-refractivity contribution in [1.29, 1.82) is 5.26 Å². The van der Waals surface area contributed by atoms with Gasteiger partial charge in [0.1, 0.15) is 5.54 Å². The number of amides is 2. The molecule has 0 atom stereocenters. The molecule has 0 aromatic heterocycles. The maximum atomic E-state index is 12.1. The van der Waals surface area contributed by atoms with Crippen LogP contribution in [0, 0.1) is 11.3 Å². The molecule has 1 aromatic carbocycles. The van der Waals surface area contributed by atoms with Gasteiger partial charge < -0.3 is 15.3 Å². The molecule has 0 spiro atoms. The number of nitrogens with one attached hydrogen (secondary N) is 1. The molecule has 1 aliphatic rings. The van der Waals surface area contributed by atoms with Crippen LogP contribution in [-0.4, -0.2) is 40.6 Å². The van der Waals surface area contributed by atoms with Crippen molar-refractivity contribution in [3.8, 4) is 6.07 Å². The predicted molar refractivity (Wildman–Crippen MR) is 71.1 cm³/mol. The molecule has 2 rings (SSSR count). The largest absolute Gasteiger partial charge is 0.465 e. The fourth-order valence-electron chi connectivity index (χ4n) is 2.22. The first-order valence-electron chi connectivity index (χ1n) is 6.33. The minimum absolute atomic E-state index is 0.248. The zero-order chi connectivity index (χ0) is 14.6. The quantitative estimate of drug-likeness (QED) is 0.852. The second-order valence-corrected chi connectivity index (χ2v) is 4.78. The fraction of sp³-hybridized carbons (Fsp3) is 0.357. The number of carbonyl (C=O) groups is 2. The molecule has 1 aromatic rings. The van der Waals surface area contributed by atoms with Crippen molar-refractivity contribution in [2.45, 2.75) is 18.4 Å². The van der Waals surface area contributed by atoms with Gasteiger partial charge in [-0.3, -0.25) is 4.79 Å². The van der Waals surface area contributed by atoms with Crippen LogP contribution in [0.15, 0.2) is 30.3 Å². The Morgan fingerprint density at radius 3 is 2.35 bits per heavy atom. The van der Waals surface area contributed by atoms with Crippen LogP contribution < -0.4 is 5.32 Å². The molecule has 1 fully saturated rings. The number of carboxylic acid groups (broad SMARTS) is 1. The molecule has 6 nitrogen and oxygen atoms in total. The van der Waals surface area contributed by atoms with E-state index in [0.717, 1.165) is 0 Å². The normalized spacial score (nSPS) is 17.1. The van der Waals surface area contributed by atoms with E-state index < -0.39 is 11.6 Å². The van der Waals surface area contributed by atoms with Gasteiger partial charge in [-0.1, -0.05) is 18.2 Å². The van der Waals surface area contributed by atoms with Crippen LogP contribution in [0.3, 0.4) is 0 Å². The summed E-state index contributed by atoms with van der Waals surface area (Å²) in [5, 5.41) is 21.0. The molecule has 6 heteroatoms. The van der Waals surface area contributed by atoms with Gasteiger partial charge in [0, 0.05) is 31.5 Å². The summed E-state index contributed by atoms with van der Waals surface area (Å²) in [6, 6.07) is 10.8. The molecule has 0 unspecified atom stereocenters. The molecule has 2 N–H and O–H groups in total. The number of rotatable bonds is 2. The Morgan fingerprint density at radius 2 is 1.85 bits per heavy atom.